The highest BCUT2D eigenvalue weighted by Gasteiger charge is 2.50. The number of imide groups is 1. The van der Waals surface area contributed by atoms with Crippen molar-refractivity contribution in [3.8, 4) is 0 Å². The largest absolute Gasteiger partial charge is 0.458 e. The molecule has 5 rings (SSSR count). The van der Waals surface area contributed by atoms with Gasteiger partial charge in [0.25, 0.3) is 0 Å². The molecular weight excluding hydrogens is 418 g/mol. The van der Waals surface area contributed by atoms with Gasteiger partial charge in [-0.2, -0.15) is 0 Å². The smallest absolute Gasteiger partial charge is 0.329 e. The molecule has 7 nitrogen and oxygen atoms in total. The number of aromatic nitrogens is 1. The lowest BCUT2D eigenvalue weighted by atomic mass is 9.88. The molecule has 0 aliphatic carbocycles. The van der Waals surface area contributed by atoms with Crippen LogP contribution in [0.5, 0.6) is 0 Å². The summed E-state index contributed by atoms with van der Waals surface area (Å²) in [5.41, 5.74) is 2.90. The van der Waals surface area contributed by atoms with Gasteiger partial charge in [-0.05, 0) is 38.0 Å². The highest BCUT2D eigenvalue weighted by molar-refractivity contribution is 6.00. The summed E-state index contributed by atoms with van der Waals surface area (Å²) in [7, 11) is 0. The van der Waals surface area contributed by atoms with Crippen LogP contribution in [0.1, 0.15) is 50.1 Å². The molecule has 0 bridgehead atoms. The number of rotatable bonds is 3. The van der Waals surface area contributed by atoms with Crippen LogP contribution in [-0.4, -0.2) is 44.3 Å². The molecule has 1 aromatic heterocycles. The number of nitrogens with one attached hydrogen (secondary N) is 1. The average Bonchev–Trinajstić information content (AvgIpc) is 3.14. The van der Waals surface area contributed by atoms with Gasteiger partial charge in [-0.15, -0.1) is 0 Å². The Hall–Kier alpha value is -3.61. The summed E-state index contributed by atoms with van der Waals surface area (Å²) in [6.07, 6.45) is 0.446. The van der Waals surface area contributed by atoms with E-state index in [9.17, 15) is 14.4 Å². The Morgan fingerprint density at radius 3 is 2.45 bits per heavy atom. The van der Waals surface area contributed by atoms with Crippen LogP contribution >= 0.6 is 0 Å². The molecule has 1 fully saturated rings. The Balaban J connectivity index is 1.57. The number of nitrogens with zero attached hydrogens (tertiary/aromatic N) is 2. The van der Waals surface area contributed by atoms with Crippen LogP contribution in [0.2, 0.25) is 0 Å². The van der Waals surface area contributed by atoms with Gasteiger partial charge in [0.2, 0.25) is 5.91 Å². The number of benzene rings is 2. The van der Waals surface area contributed by atoms with E-state index in [2.05, 4.69) is 4.98 Å². The zero-order valence-electron chi connectivity index (χ0n) is 19.0. The third kappa shape index (κ3) is 3.77. The third-order valence-electron chi connectivity index (χ3n) is 6.23. The lowest BCUT2D eigenvalue weighted by Crippen LogP contribution is -2.61. The fraction of sp³-hybridized carbons (Fsp3) is 0.346. The van der Waals surface area contributed by atoms with Crippen molar-refractivity contribution in [3.63, 3.8) is 0 Å². The van der Waals surface area contributed by atoms with Crippen LogP contribution in [-0.2, 0) is 27.3 Å². The normalized spacial score (nSPS) is 20.6. The molecule has 3 amide bonds. The Kier molecular flexibility index (Phi) is 5.00. The van der Waals surface area contributed by atoms with Crippen LogP contribution in [0.3, 0.4) is 0 Å². The summed E-state index contributed by atoms with van der Waals surface area (Å²) in [6.45, 7) is 5.60. The summed E-state index contributed by atoms with van der Waals surface area (Å²) >= 11 is 0. The van der Waals surface area contributed by atoms with Gasteiger partial charge in [-0.3, -0.25) is 9.69 Å². The predicted molar refractivity (Wildman–Crippen MR) is 123 cm³/mol. The van der Waals surface area contributed by atoms with Crippen molar-refractivity contribution in [2.45, 2.75) is 57.8 Å². The van der Waals surface area contributed by atoms with E-state index in [-0.39, 0.29) is 18.9 Å². The highest BCUT2D eigenvalue weighted by Crippen LogP contribution is 2.42. The number of para-hydroxylation sites is 1. The summed E-state index contributed by atoms with van der Waals surface area (Å²) in [5.74, 6) is -0.703. The second kappa shape index (κ2) is 7.76. The first-order valence-corrected chi connectivity index (χ1v) is 11.2. The van der Waals surface area contributed by atoms with Crippen molar-refractivity contribution in [1.29, 1.82) is 0 Å². The van der Waals surface area contributed by atoms with Crippen LogP contribution < -0.4 is 0 Å². The molecule has 3 aromatic rings. The van der Waals surface area contributed by atoms with Crippen LogP contribution in [0.15, 0.2) is 54.6 Å². The first-order chi connectivity index (χ1) is 15.7. The summed E-state index contributed by atoms with van der Waals surface area (Å²) in [4.78, 5) is 46.3. The lowest BCUT2D eigenvalue weighted by molar-refractivity contribution is -0.163. The van der Waals surface area contributed by atoms with E-state index >= 15 is 0 Å². The van der Waals surface area contributed by atoms with Crippen LogP contribution in [0.25, 0.3) is 10.9 Å². The van der Waals surface area contributed by atoms with E-state index in [0.29, 0.717) is 6.42 Å². The minimum Gasteiger partial charge on any atom is -0.458 e. The molecule has 0 radical (unpaired) electrons. The number of H-pyrrole nitrogens is 1. The van der Waals surface area contributed by atoms with E-state index in [4.69, 9.17) is 4.74 Å². The maximum Gasteiger partial charge on any atom is 0.329 e. The topological polar surface area (TPSA) is 82.7 Å². The number of amides is 3. The van der Waals surface area contributed by atoms with E-state index in [1.54, 1.807) is 4.90 Å². The quantitative estimate of drug-likeness (QED) is 0.609. The predicted octanol–water partition coefficient (Wildman–Crippen LogP) is 4.33. The summed E-state index contributed by atoms with van der Waals surface area (Å²) < 4.78 is 5.71. The number of ether oxygens (including phenoxy) is 1. The van der Waals surface area contributed by atoms with Crippen LogP contribution in [0.4, 0.5) is 4.79 Å². The Morgan fingerprint density at radius 1 is 1.03 bits per heavy atom. The summed E-state index contributed by atoms with van der Waals surface area (Å²) in [6, 6.07) is 15.4. The van der Waals surface area contributed by atoms with Crippen molar-refractivity contribution in [2.75, 3.05) is 0 Å². The minimum atomic E-state index is -0.806. The number of carbonyl (C=O) groups is 3. The number of hydrogen-bond acceptors (Lipinski definition) is 4. The standard InChI is InChI=1S/C26H27N3O4/c1-26(2,3)33-24(31)21-13-18-17-11-7-8-12-19(17)27-23(18)20-14-22(30)28(25(32)29(20)21)15-16-9-5-4-6-10-16/h4-12,20-21,27H,13-15H2,1-3H3/t20-,21-/m0/s1. The van der Waals surface area contributed by atoms with Crippen molar-refractivity contribution >= 4 is 28.8 Å². The second-order valence-electron chi connectivity index (χ2n) is 9.69. The molecule has 2 aliphatic heterocycles. The molecule has 0 unspecified atom stereocenters. The van der Waals surface area contributed by atoms with Crippen molar-refractivity contribution in [2.24, 2.45) is 0 Å². The zero-order valence-corrected chi connectivity index (χ0v) is 19.0. The Labute approximate surface area is 192 Å². The number of aromatic amines is 1. The summed E-state index contributed by atoms with van der Waals surface area (Å²) in [5, 5.41) is 1.01. The lowest BCUT2D eigenvalue weighted by Gasteiger charge is -2.46. The van der Waals surface area contributed by atoms with E-state index in [1.807, 2.05) is 75.4 Å². The molecule has 1 saturated heterocycles. The monoisotopic (exact) mass is 445 g/mol. The molecule has 170 valence electrons. The fourth-order valence-electron chi connectivity index (χ4n) is 4.85. The van der Waals surface area contributed by atoms with Gasteiger partial charge in [0, 0.05) is 23.0 Å². The van der Waals surface area contributed by atoms with Crippen molar-refractivity contribution in [1.82, 2.24) is 14.8 Å². The first kappa shape index (κ1) is 21.2. The fourth-order valence-corrected chi connectivity index (χ4v) is 4.85. The zero-order chi connectivity index (χ0) is 23.3. The first-order valence-electron chi connectivity index (χ1n) is 11.2. The third-order valence-corrected chi connectivity index (χ3v) is 6.23. The van der Waals surface area contributed by atoms with Gasteiger partial charge in [-0.25, -0.2) is 9.59 Å². The maximum atomic E-state index is 13.7. The Bertz CT molecular complexity index is 1240. The van der Waals surface area contributed by atoms with Crippen molar-refractivity contribution < 1.29 is 19.1 Å². The van der Waals surface area contributed by atoms with E-state index < -0.39 is 29.7 Å². The minimum absolute atomic E-state index is 0.109. The van der Waals surface area contributed by atoms with Gasteiger partial charge < -0.3 is 14.6 Å². The molecule has 1 N–H and O–H groups in total. The van der Waals surface area contributed by atoms with Crippen LogP contribution in [0, 0.1) is 0 Å². The molecule has 2 atom stereocenters. The molecular formula is C26H27N3O4. The SMILES string of the molecule is CC(C)(C)OC(=O)[C@@H]1Cc2c([nH]c3ccccc23)[C@@H]2CC(=O)N(Cc3ccccc3)C(=O)N12. The molecule has 0 saturated carbocycles. The molecule has 7 heteroatoms. The average molecular weight is 446 g/mol. The molecule has 3 heterocycles. The highest BCUT2D eigenvalue weighted by atomic mass is 16.6. The van der Waals surface area contributed by atoms with E-state index in [1.165, 1.54) is 4.90 Å². The van der Waals surface area contributed by atoms with Crippen molar-refractivity contribution in [3.05, 3.63) is 71.4 Å². The Morgan fingerprint density at radius 2 is 1.73 bits per heavy atom. The molecule has 2 aromatic carbocycles. The van der Waals surface area contributed by atoms with Gasteiger partial charge in [0.05, 0.1) is 19.0 Å². The second-order valence-corrected chi connectivity index (χ2v) is 9.69. The van der Waals surface area contributed by atoms with E-state index in [0.717, 1.165) is 27.7 Å². The molecule has 2 aliphatic rings. The number of esters is 1. The maximum absolute atomic E-state index is 13.7. The number of urea groups is 1. The van der Waals surface area contributed by atoms with Gasteiger partial charge in [-0.1, -0.05) is 48.5 Å². The van der Waals surface area contributed by atoms with Gasteiger partial charge in [0.1, 0.15) is 11.6 Å². The molecule has 0 spiro atoms. The number of carbonyl (C=O) groups excluding carboxylic acids is 3. The molecule has 33 heavy (non-hydrogen) atoms. The number of hydrogen-bond donors (Lipinski definition) is 1. The van der Waals surface area contributed by atoms with Gasteiger partial charge >= 0.3 is 12.0 Å². The number of fused-ring (bicyclic) bond motifs is 5. The van der Waals surface area contributed by atoms with Gasteiger partial charge in [0.15, 0.2) is 0 Å².